The van der Waals surface area contributed by atoms with E-state index in [1.165, 1.54) is 5.56 Å². The maximum absolute atomic E-state index is 14.0. The van der Waals surface area contributed by atoms with Crippen molar-refractivity contribution >= 4 is 21.9 Å². The van der Waals surface area contributed by atoms with Gasteiger partial charge in [-0.3, -0.25) is 9.97 Å². The third-order valence-electron chi connectivity index (χ3n) is 8.23. The molecule has 7 aromatic rings. The first-order valence-corrected chi connectivity index (χ1v) is 14.9. The molecule has 2 aromatic heterocycles. The molecule has 0 radical (unpaired) electrons. The number of aromatic nitrogens is 3. The topological polar surface area (TPSA) is 50.9 Å². The average molecular weight is 808 g/mol. The number of hydrogen-bond donors (Lipinski definition) is 1. The number of alkyl halides is 3. The van der Waals surface area contributed by atoms with Crippen molar-refractivity contribution in [2.24, 2.45) is 0 Å². The molecule has 0 amide bonds. The number of phenols is 1. The predicted molar refractivity (Wildman–Crippen MR) is 177 cm³/mol. The molecule has 47 heavy (non-hydrogen) atoms. The molecule has 0 saturated carbocycles. The summed E-state index contributed by atoms with van der Waals surface area (Å²) in [5.41, 5.74) is 5.98. The Labute approximate surface area is 284 Å². The van der Waals surface area contributed by atoms with E-state index in [1.54, 1.807) is 42.6 Å². The summed E-state index contributed by atoms with van der Waals surface area (Å²) in [6.07, 6.45) is -2.95. The van der Waals surface area contributed by atoms with Crippen molar-refractivity contribution in [3.8, 4) is 45.1 Å². The van der Waals surface area contributed by atoms with Gasteiger partial charge in [-0.2, -0.15) is 13.2 Å². The van der Waals surface area contributed by atoms with Crippen molar-refractivity contribution in [2.45, 2.75) is 32.4 Å². The number of fused-ring (bicyclic) bond motifs is 2. The minimum absolute atomic E-state index is 0. The fraction of sp³-hybridized carbons (Fsp3) is 0.128. The number of benzene rings is 5. The molecule has 0 bridgehead atoms. The second-order valence-electron chi connectivity index (χ2n) is 12.3. The van der Waals surface area contributed by atoms with Gasteiger partial charge in [-0.1, -0.05) is 86.5 Å². The van der Waals surface area contributed by atoms with E-state index < -0.39 is 11.7 Å². The molecule has 0 spiro atoms. The second-order valence-corrected chi connectivity index (χ2v) is 12.3. The van der Waals surface area contributed by atoms with Crippen LogP contribution in [0.1, 0.15) is 31.9 Å². The Morgan fingerprint density at radius 1 is 0.681 bits per heavy atom. The monoisotopic (exact) mass is 807 g/mol. The Morgan fingerprint density at radius 3 is 2.11 bits per heavy atom. The van der Waals surface area contributed by atoms with Gasteiger partial charge in [-0.05, 0) is 52.8 Å². The van der Waals surface area contributed by atoms with Crippen LogP contribution in [0.5, 0.6) is 5.75 Å². The summed E-state index contributed by atoms with van der Waals surface area (Å²) >= 11 is 0. The Balaban J connectivity index is 0.00000386. The number of rotatable bonds is 4. The van der Waals surface area contributed by atoms with Gasteiger partial charge >= 0.3 is 6.18 Å². The van der Waals surface area contributed by atoms with Crippen LogP contribution in [0.4, 0.5) is 13.2 Å². The Morgan fingerprint density at radius 2 is 1.38 bits per heavy atom. The molecule has 7 rings (SSSR count). The van der Waals surface area contributed by atoms with Crippen molar-refractivity contribution in [1.29, 1.82) is 0 Å². The van der Waals surface area contributed by atoms with Crippen LogP contribution in [0.3, 0.4) is 0 Å². The summed E-state index contributed by atoms with van der Waals surface area (Å²) in [7, 11) is 0. The molecular weight excluding hydrogens is 779 g/mol. The van der Waals surface area contributed by atoms with Crippen molar-refractivity contribution < 1.29 is 39.3 Å². The molecule has 238 valence electrons. The van der Waals surface area contributed by atoms with E-state index in [2.05, 4.69) is 44.0 Å². The number of phenolic OH excluding ortho intramolecular Hbond substituents is 1. The fourth-order valence-electron chi connectivity index (χ4n) is 5.89. The molecule has 0 unspecified atom stereocenters. The van der Waals surface area contributed by atoms with Gasteiger partial charge < -0.3 is 9.67 Å². The third-order valence-corrected chi connectivity index (χ3v) is 8.23. The summed E-state index contributed by atoms with van der Waals surface area (Å²) in [6, 6.07) is 35.5. The van der Waals surface area contributed by atoms with Gasteiger partial charge in [0.1, 0.15) is 5.75 Å². The Hall–Kier alpha value is -4.74. The number of pyridine rings is 1. The van der Waals surface area contributed by atoms with E-state index in [0.717, 1.165) is 28.9 Å². The van der Waals surface area contributed by atoms with Crippen molar-refractivity contribution in [2.75, 3.05) is 0 Å². The zero-order chi connectivity index (χ0) is 32.2. The van der Waals surface area contributed by atoms with Gasteiger partial charge in [-0.15, -0.1) is 29.8 Å². The molecule has 0 aliphatic heterocycles. The van der Waals surface area contributed by atoms with E-state index >= 15 is 0 Å². The maximum atomic E-state index is 14.0. The van der Waals surface area contributed by atoms with Gasteiger partial charge in [-0.25, -0.2) is 0 Å². The van der Waals surface area contributed by atoms with Crippen LogP contribution >= 0.6 is 0 Å². The van der Waals surface area contributed by atoms with Gasteiger partial charge in [0, 0.05) is 55.2 Å². The first-order valence-electron chi connectivity index (χ1n) is 14.9. The summed E-state index contributed by atoms with van der Waals surface area (Å²) in [4.78, 5) is 9.56. The summed E-state index contributed by atoms with van der Waals surface area (Å²) in [5, 5.41) is 11.1. The van der Waals surface area contributed by atoms with Gasteiger partial charge in [0.2, 0.25) is 0 Å². The molecule has 0 fully saturated rings. The van der Waals surface area contributed by atoms with Crippen LogP contribution in [0.15, 0.2) is 115 Å². The van der Waals surface area contributed by atoms with Crippen LogP contribution in [-0.4, -0.2) is 19.6 Å². The molecular formula is C39H29F3N3OPt-. The molecule has 0 atom stereocenters. The minimum atomic E-state index is -4.52. The summed E-state index contributed by atoms with van der Waals surface area (Å²) in [5.74, 6) is 0.700. The quantitative estimate of drug-likeness (QED) is 0.180. The zero-order valence-corrected chi connectivity index (χ0v) is 28.0. The fourth-order valence-corrected chi connectivity index (χ4v) is 5.89. The number of para-hydroxylation sites is 2. The Bertz CT molecular complexity index is 2250. The van der Waals surface area contributed by atoms with E-state index in [4.69, 9.17) is 4.98 Å². The number of aromatic hydroxyl groups is 1. The Kier molecular flexibility index (Phi) is 8.31. The first kappa shape index (κ1) is 32.2. The zero-order valence-electron chi connectivity index (χ0n) is 25.7. The van der Waals surface area contributed by atoms with Crippen molar-refractivity contribution in [3.63, 3.8) is 0 Å². The minimum Gasteiger partial charge on any atom is -0.507 e. The summed E-state index contributed by atoms with van der Waals surface area (Å²) in [6.45, 7) is 6.47. The first-order chi connectivity index (χ1) is 22.0. The number of halogens is 3. The van der Waals surface area contributed by atoms with Crippen molar-refractivity contribution in [1.82, 2.24) is 14.5 Å². The largest absolute Gasteiger partial charge is 0.507 e. The second kappa shape index (κ2) is 12.1. The van der Waals surface area contributed by atoms with Crippen LogP contribution in [0.25, 0.3) is 61.3 Å². The molecule has 8 heteroatoms. The molecule has 4 nitrogen and oxygen atoms in total. The van der Waals surface area contributed by atoms with E-state index in [0.29, 0.717) is 44.5 Å². The van der Waals surface area contributed by atoms with E-state index in [9.17, 15) is 18.3 Å². The SMILES string of the molecule is CC(C)(C)c1ccc(-n2c(-c3[c-]c(-c4cc(C(F)(F)F)cc5cccnc45)ccc3)nc3c(-c4ccccc4O)cccc32)cc1.[Pt]. The molecule has 0 saturated heterocycles. The molecule has 1 N–H and O–H groups in total. The molecule has 0 aliphatic carbocycles. The molecule has 2 heterocycles. The standard InChI is InChI=1S/C39H29F3N3O.Pt/c1-38(2,3)27-16-18-29(19-17-27)45-33-14-7-13-31(30-12-4-5-15-34(30)46)36(33)44-37(45)26-10-6-9-24(21-26)32-23-28(39(40,41)42)22-25-11-8-20-43-35(25)32;/h4-20,22-23,46H,1-3H3;/q-1;. The van der Waals surface area contributed by atoms with E-state index in [1.807, 2.05) is 53.1 Å². The van der Waals surface area contributed by atoms with Crippen LogP contribution in [0, 0.1) is 6.07 Å². The van der Waals surface area contributed by atoms with Gasteiger partial charge in [0.15, 0.2) is 0 Å². The number of imidazole rings is 1. The third kappa shape index (κ3) is 5.96. The summed E-state index contributed by atoms with van der Waals surface area (Å²) < 4.78 is 43.9. The predicted octanol–water partition coefficient (Wildman–Crippen LogP) is 10.4. The van der Waals surface area contributed by atoms with Crippen LogP contribution in [-0.2, 0) is 32.7 Å². The number of nitrogens with zero attached hydrogens (tertiary/aromatic N) is 3. The smallest absolute Gasteiger partial charge is 0.415 e. The maximum Gasteiger partial charge on any atom is 0.415 e. The van der Waals surface area contributed by atoms with Crippen molar-refractivity contribution in [3.05, 3.63) is 133 Å². The van der Waals surface area contributed by atoms with Crippen LogP contribution < -0.4 is 0 Å². The number of hydrogen-bond acceptors (Lipinski definition) is 3. The normalized spacial score (nSPS) is 12.0. The van der Waals surface area contributed by atoms with Crippen LogP contribution in [0.2, 0.25) is 0 Å². The van der Waals surface area contributed by atoms with Gasteiger partial charge in [0.25, 0.3) is 0 Å². The molecule has 0 aliphatic rings. The molecule has 5 aromatic carbocycles. The van der Waals surface area contributed by atoms with Gasteiger partial charge in [0.05, 0.1) is 16.9 Å². The van der Waals surface area contributed by atoms with E-state index in [-0.39, 0.29) is 32.2 Å². The average Bonchev–Trinajstić information content (AvgIpc) is 3.44.